The lowest BCUT2D eigenvalue weighted by molar-refractivity contribution is 0.263. The molecule has 1 atom stereocenters. The molecule has 0 fully saturated rings. The third kappa shape index (κ3) is 4.06. The summed E-state index contributed by atoms with van der Waals surface area (Å²) < 4.78 is 8.76. The SMILES string of the molecule is N=C(SC(=N)c1cccc(-n2c3ccccc3c3c4c(ccc32)NC(c2ccccc2)O4)c1)c1ccccc1. The second-order valence-corrected chi connectivity index (χ2v) is 10.4. The largest absolute Gasteiger partial charge is 0.464 e. The van der Waals surface area contributed by atoms with Crippen molar-refractivity contribution in [2.24, 2.45) is 0 Å². The first kappa shape index (κ1) is 23.3. The summed E-state index contributed by atoms with van der Waals surface area (Å²) in [5.74, 6) is 0.854. The minimum Gasteiger partial charge on any atom is -0.464 e. The highest BCUT2D eigenvalue weighted by molar-refractivity contribution is 8.27. The van der Waals surface area contributed by atoms with Crippen LogP contribution < -0.4 is 10.1 Å². The lowest BCUT2D eigenvalue weighted by Gasteiger charge is -2.11. The maximum Gasteiger partial charge on any atom is 0.196 e. The Kier molecular flexibility index (Phi) is 5.68. The van der Waals surface area contributed by atoms with Crippen LogP contribution in [0.25, 0.3) is 27.5 Å². The molecule has 6 aromatic rings. The fraction of sp³-hybridized carbons (Fsp3) is 0.0303. The molecule has 0 saturated carbocycles. The zero-order chi connectivity index (χ0) is 26.3. The van der Waals surface area contributed by atoms with Crippen molar-refractivity contribution < 1.29 is 4.74 Å². The van der Waals surface area contributed by atoms with E-state index in [2.05, 4.69) is 58.4 Å². The van der Waals surface area contributed by atoms with Crippen molar-refractivity contribution in [3.63, 3.8) is 0 Å². The molecular formula is C33H24N4OS. The first-order valence-corrected chi connectivity index (χ1v) is 13.5. The lowest BCUT2D eigenvalue weighted by Crippen LogP contribution is -2.09. The molecule has 5 aromatic carbocycles. The van der Waals surface area contributed by atoms with Gasteiger partial charge in [-0.3, -0.25) is 10.8 Å². The summed E-state index contributed by atoms with van der Waals surface area (Å²) in [7, 11) is 0. The molecule has 0 radical (unpaired) electrons. The fourth-order valence-corrected chi connectivity index (χ4v) is 5.91. The molecule has 39 heavy (non-hydrogen) atoms. The fourth-order valence-electron chi connectivity index (χ4n) is 5.21. The third-order valence-electron chi connectivity index (χ3n) is 7.02. The van der Waals surface area contributed by atoms with E-state index < -0.39 is 0 Å². The van der Waals surface area contributed by atoms with Crippen LogP contribution in [0.2, 0.25) is 0 Å². The highest BCUT2D eigenvalue weighted by atomic mass is 32.2. The van der Waals surface area contributed by atoms with E-state index in [0.29, 0.717) is 10.1 Å². The molecule has 1 unspecified atom stereocenters. The molecule has 1 aromatic heterocycles. The molecule has 1 aliphatic rings. The molecular weight excluding hydrogens is 500 g/mol. The van der Waals surface area contributed by atoms with Crippen molar-refractivity contribution in [2.45, 2.75) is 6.23 Å². The number of hydrogen-bond donors (Lipinski definition) is 3. The molecule has 3 N–H and O–H groups in total. The number of thioether (sulfide) groups is 1. The molecule has 0 saturated heterocycles. The number of fused-ring (bicyclic) bond motifs is 5. The summed E-state index contributed by atoms with van der Waals surface area (Å²) in [5, 5.41) is 23.6. The first-order chi connectivity index (χ1) is 19.2. The summed E-state index contributed by atoms with van der Waals surface area (Å²) in [6, 6.07) is 40.3. The van der Waals surface area contributed by atoms with Crippen molar-refractivity contribution in [3.8, 4) is 11.4 Å². The van der Waals surface area contributed by atoms with Crippen molar-refractivity contribution in [1.29, 1.82) is 10.8 Å². The molecule has 188 valence electrons. The quantitative estimate of drug-likeness (QED) is 0.160. The van der Waals surface area contributed by atoms with Crippen LogP contribution in [0.4, 0.5) is 5.69 Å². The Hall–Kier alpha value is -4.81. The van der Waals surface area contributed by atoms with Crippen molar-refractivity contribution in [1.82, 2.24) is 4.57 Å². The molecule has 0 aliphatic carbocycles. The molecule has 7 rings (SSSR count). The molecule has 5 nitrogen and oxygen atoms in total. The van der Waals surface area contributed by atoms with Crippen molar-refractivity contribution >= 4 is 49.3 Å². The van der Waals surface area contributed by atoms with Gasteiger partial charge >= 0.3 is 0 Å². The number of anilines is 1. The van der Waals surface area contributed by atoms with E-state index in [1.165, 1.54) is 0 Å². The number of para-hydroxylation sites is 1. The lowest BCUT2D eigenvalue weighted by atomic mass is 10.1. The monoisotopic (exact) mass is 524 g/mol. The second kappa shape index (κ2) is 9.49. The van der Waals surface area contributed by atoms with Crippen LogP contribution in [0.5, 0.6) is 5.75 Å². The standard InChI is InChI=1S/C33H24N4OS/c34-31(21-10-3-1-4-11-21)39-32(35)23-14-9-15-24(20-23)37-27-17-8-7-16-25(27)29-28(37)19-18-26-30(29)38-33(36-26)22-12-5-2-6-13-22/h1-20,33-36H. The predicted molar refractivity (Wildman–Crippen MR) is 162 cm³/mol. The topological polar surface area (TPSA) is 73.9 Å². The van der Waals surface area contributed by atoms with E-state index in [1.807, 2.05) is 72.8 Å². The van der Waals surface area contributed by atoms with Gasteiger partial charge in [0.15, 0.2) is 12.0 Å². The van der Waals surface area contributed by atoms with Crippen LogP contribution in [0, 0.1) is 10.8 Å². The molecule has 2 heterocycles. The maximum atomic E-state index is 8.75. The van der Waals surface area contributed by atoms with Crippen LogP contribution in [0.1, 0.15) is 22.9 Å². The number of ether oxygens (including phenoxy) is 1. The molecule has 6 heteroatoms. The number of nitrogens with one attached hydrogen (secondary N) is 3. The van der Waals surface area contributed by atoms with Crippen molar-refractivity contribution in [2.75, 3.05) is 5.32 Å². The van der Waals surface area contributed by atoms with Crippen LogP contribution in [0.3, 0.4) is 0 Å². The maximum absolute atomic E-state index is 8.75. The summed E-state index contributed by atoms with van der Waals surface area (Å²) in [4.78, 5) is 0. The van der Waals surface area contributed by atoms with E-state index in [0.717, 1.165) is 67.4 Å². The summed E-state index contributed by atoms with van der Waals surface area (Å²) in [6.07, 6.45) is -0.241. The minimum atomic E-state index is -0.241. The van der Waals surface area contributed by atoms with Gasteiger partial charge in [-0.1, -0.05) is 103 Å². The van der Waals surface area contributed by atoms with Gasteiger partial charge in [0, 0.05) is 27.8 Å². The number of benzene rings is 5. The van der Waals surface area contributed by atoms with Gasteiger partial charge < -0.3 is 14.6 Å². The van der Waals surface area contributed by atoms with Crippen molar-refractivity contribution in [3.05, 3.63) is 138 Å². The first-order valence-electron chi connectivity index (χ1n) is 12.7. The van der Waals surface area contributed by atoms with Crippen LogP contribution >= 0.6 is 11.8 Å². The van der Waals surface area contributed by atoms with Crippen LogP contribution in [-0.4, -0.2) is 14.7 Å². The molecule has 1 aliphatic heterocycles. The zero-order valence-electron chi connectivity index (χ0n) is 20.9. The van der Waals surface area contributed by atoms with Crippen LogP contribution in [-0.2, 0) is 0 Å². The Bertz CT molecular complexity index is 1880. The Morgan fingerprint density at radius 3 is 2.21 bits per heavy atom. The Labute approximate surface area is 230 Å². The summed E-state index contributed by atoms with van der Waals surface area (Å²) >= 11 is 1.16. The predicted octanol–water partition coefficient (Wildman–Crippen LogP) is 8.37. The van der Waals surface area contributed by atoms with E-state index in [9.17, 15) is 0 Å². The number of hydrogen-bond acceptors (Lipinski definition) is 5. The summed E-state index contributed by atoms with van der Waals surface area (Å²) in [6.45, 7) is 0. The Morgan fingerprint density at radius 2 is 1.38 bits per heavy atom. The second-order valence-electron chi connectivity index (χ2n) is 9.42. The van der Waals surface area contributed by atoms with E-state index in [4.69, 9.17) is 15.6 Å². The van der Waals surface area contributed by atoms with Gasteiger partial charge in [-0.05, 0) is 30.3 Å². The van der Waals surface area contributed by atoms with Gasteiger partial charge in [0.2, 0.25) is 0 Å². The highest BCUT2D eigenvalue weighted by Crippen LogP contribution is 2.47. The Morgan fingerprint density at radius 1 is 0.692 bits per heavy atom. The highest BCUT2D eigenvalue weighted by Gasteiger charge is 2.28. The van der Waals surface area contributed by atoms with Gasteiger partial charge in [0.1, 0.15) is 10.1 Å². The van der Waals surface area contributed by atoms with Gasteiger partial charge in [0.25, 0.3) is 0 Å². The van der Waals surface area contributed by atoms with Gasteiger partial charge in [0.05, 0.1) is 22.1 Å². The third-order valence-corrected chi connectivity index (χ3v) is 7.90. The van der Waals surface area contributed by atoms with E-state index in [-0.39, 0.29) is 6.23 Å². The average Bonchev–Trinajstić information content (AvgIpc) is 3.57. The normalized spacial score (nSPS) is 14.1. The Balaban J connectivity index is 1.30. The zero-order valence-corrected chi connectivity index (χ0v) is 21.7. The minimum absolute atomic E-state index is 0.241. The molecule has 0 spiro atoms. The van der Waals surface area contributed by atoms with Gasteiger partial charge in [-0.25, -0.2) is 0 Å². The van der Waals surface area contributed by atoms with Gasteiger partial charge in [-0.15, -0.1) is 0 Å². The smallest absolute Gasteiger partial charge is 0.196 e. The van der Waals surface area contributed by atoms with Crippen LogP contribution in [0.15, 0.2) is 121 Å². The average molecular weight is 525 g/mol. The number of aromatic nitrogens is 1. The van der Waals surface area contributed by atoms with E-state index >= 15 is 0 Å². The molecule has 0 amide bonds. The summed E-state index contributed by atoms with van der Waals surface area (Å²) in [5.41, 5.74) is 6.70. The molecule has 0 bridgehead atoms. The van der Waals surface area contributed by atoms with E-state index in [1.54, 1.807) is 0 Å². The number of rotatable bonds is 4. The number of nitrogens with zero attached hydrogens (tertiary/aromatic N) is 1. The van der Waals surface area contributed by atoms with Gasteiger partial charge in [-0.2, -0.15) is 0 Å².